The smallest absolute Gasteiger partial charge is 0.246 e. The van der Waals surface area contributed by atoms with Gasteiger partial charge >= 0.3 is 0 Å². The molecule has 4 rings (SSSR count). The first-order chi connectivity index (χ1) is 13.1. The highest BCUT2D eigenvalue weighted by molar-refractivity contribution is 7.21. The van der Waals surface area contributed by atoms with Crippen LogP contribution in [0.4, 0.5) is 5.13 Å². The first-order valence-corrected chi connectivity index (χ1v) is 9.99. The molecule has 1 amide bonds. The van der Waals surface area contributed by atoms with E-state index in [1.807, 2.05) is 48.2 Å². The summed E-state index contributed by atoms with van der Waals surface area (Å²) in [6.07, 6.45) is 5.23. The number of anilines is 1. The molecule has 0 saturated carbocycles. The van der Waals surface area contributed by atoms with Crippen molar-refractivity contribution in [3.63, 3.8) is 0 Å². The van der Waals surface area contributed by atoms with E-state index >= 15 is 0 Å². The van der Waals surface area contributed by atoms with E-state index in [1.54, 1.807) is 23.6 Å². The van der Waals surface area contributed by atoms with E-state index in [-0.39, 0.29) is 5.91 Å². The maximum atomic E-state index is 12.5. The first kappa shape index (κ1) is 17.9. The van der Waals surface area contributed by atoms with Crippen molar-refractivity contribution in [1.82, 2.24) is 14.9 Å². The second-order valence-electron chi connectivity index (χ2n) is 6.48. The monoisotopic (exact) mass is 398 g/mol. The number of rotatable bonds is 3. The van der Waals surface area contributed by atoms with Crippen molar-refractivity contribution in [1.29, 1.82) is 0 Å². The van der Waals surface area contributed by atoms with Gasteiger partial charge in [0.1, 0.15) is 10.3 Å². The van der Waals surface area contributed by atoms with Crippen molar-refractivity contribution in [3.8, 4) is 0 Å². The van der Waals surface area contributed by atoms with E-state index < -0.39 is 0 Å². The maximum Gasteiger partial charge on any atom is 0.246 e. The van der Waals surface area contributed by atoms with Gasteiger partial charge in [0.15, 0.2) is 5.13 Å². The molecule has 2 aromatic heterocycles. The Kier molecular flexibility index (Phi) is 5.09. The molecule has 1 fully saturated rings. The zero-order valence-corrected chi connectivity index (χ0v) is 16.5. The van der Waals surface area contributed by atoms with Gasteiger partial charge in [-0.2, -0.15) is 0 Å². The summed E-state index contributed by atoms with van der Waals surface area (Å²) >= 11 is 7.73. The van der Waals surface area contributed by atoms with Gasteiger partial charge < -0.3 is 9.80 Å². The lowest BCUT2D eigenvalue weighted by atomic mass is 10.1. The van der Waals surface area contributed by atoms with Gasteiger partial charge in [0.25, 0.3) is 0 Å². The van der Waals surface area contributed by atoms with Gasteiger partial charge in [-0.3, -0.25) is 4.79 Å². The molecule has 27 heavy (non-hydrogen) atoms. The van der Waals surface area contributed by atoms with E-state index in [2.05, 4.69) is 14.9 Å². The highest BCUT2D eigenvalue weighted by atomic mass is 35.5. The minimum Gasteiger partial charge on any atom is -0.344 e. The van der Waals surface area contributed by atoms with Crippen molar-refractivity contribution in [2.75, 3.05) is 31.1 Å². The lowest BCUT2D eigenvalue weighted by molar-refractivity contribution is -0.126. The van der Waals surface area contributed by atoms with Gasteiger partial charge in [-0.15, -0.1) is 0 Å². The second kappa shape index (κ2) is 7.66. The largest absolute Gasteiger partial charge is 0.344 e. The fourth-order valence-electron chi connectivity index (χ4n) is 3.00. The number of nitrogens with zero attached hydrogens (tertiary/aromatic N) is 4. The highest BCUT2D eigenvalue weighted by Crippen LogP contribution is 2.27. The fourth-order valence-corrected chi connectivity index (χ4v) is 4.15. The van der Waals surface area contributed by atoms with Gasteiger partial charge in [0.05, 0.1) is 0 Å². The average molecular weight is 399 g/mol. The Morgan fingerprint density at radius 1 is 1.22 bits per heavy atom. The Hall–Kier alpha value is -2.44. The molecule has 0 spiro atoms. The van der Waals surface area contributed by atoms with E-state index in [0.717, 1.165) is 39.7 Å². The number of halogens is 1. The van der Waals surface area contributed by atoms with Crippen molar-refractivity contribution in [2.24, 2.45) is 0 Å². The zero-order chi connectivity index (χ0) is 18.8. The molecule has 0 atom stereocenters. The van der Waals surface area contributed by atoms with Gasteiger partial charge in [0, 0.05) is 43.5 Å². The van der Waals surface area contributed by atoms with Crippen LogP contribution in [0.25, 0.3) is 16.4 Å². The highest BCUT2D eigenvalue weighted by Gasteiger charge is 2.22. The van der Waals surface area contributed by atoms with Crippen LogP contribution < -0.4 is 4.90 Å². The van der Waals surface area contributed by atoms with Crippen LogP contribution in [0.3, 0.4) is 0 Å². The molecule has 0 bridgehead atoms. The summed E-state index contributed by atoms with van der Waals surface area (Å²) < 4.78 is 0. The predicted octanol–water partition coefficient (Wildman–Crippen LogP) is 4.02. The summed E-state index contributed by atoms with van der Waals surface area (Å²) in [5, 5.41) is 1.68. The van der Waals surface area contributed by atoms with Crippen LogP contribution in [0.2, 0.25) is 5.02 Å². The van der Waals surface area contributed by atoms with E-state index in [9.17, 15) is 4.79 Å². The number of aryl methyl sites for hydroxylation is 1. The molecule has 3 aromatic rings. The summed E-state index contributed by atoms with van der Waals surface area (Å²) in [6, 6.07) is 9.67. The van der Waals surface area contributed by atoms with E-state index in [1.165, 1.54) is 0 Å². The third-order valence-electron chi connectivity index (χ3n) is 4.63. The Morgan fingerprint density at radius 2 is 2.04 bits per heavy atom. The van der Waals surface area contributed by atoms with Crippen molar-refractivity contribution < 1.29 is 4.79 Å². The SMILES string of the molecule is Cc1ccc(/C=C/C(=O)N2CCN(c3nc4cccnc4s3)CC2)cc1Cl. The number of fused-ring (bicyclic) bond motifs is 1. The zero-order valence-electron chi connectivity index (χ0n) is 14.9. The maximum absolute atomic E-state index is 12.5. The summed E-state index contributed by atoms with van der Waals surface area (Å²) in [6.45, 7) is 4.87. The number of hydrogen-bond acceptors (Lipinski definition) is 5. The van der Waals surface area contributed by atoms with Crippen LogP contribution in [0.15, 0.2) is 42.6 Å². The Balaban J connectivity index is 1.37. The molecule has 0 radical (unpaired) electrons. The van der Waals surface area contributed by atoms with Crippen LogP contribution in [0, 0.1) is 6.92 Å². The number of aromatic nitrogens is 2. The number of piperazine rings is 1. The first-order valence-electron chi connectivity index (χ1n) is 8.80. The molecule has 0 N–H and O–H groups in total. The molecule has 1 saturated heterocycles. The van der Waals surface area contributed by atoms with Crippen molar-refractivity contribution in [2.45, 2.75) is 6.92 Å². The second-order valence-corrected chi connectivity index (χ2v) is 7.84. The molecule has 0 aliphatic carbocycles. The minimum atomic E-state index is 0.0253. The van der Waals surface area contributed by atoms with Gasteiger partial charge in [0.2, 0.25) is 5.91 Å². The minimum absolute atomic E-state index is 0.0253. The molecule has 1 aliphatic rings. The Bertz CT molecular complexity index is 975. The lowest BCUT2D eigenvalue weighted by Crippen LogP contribution is -2.48. The summed E-state index contributed by atoms with van der Waals surface area (Å²) in [5.74, 6) is 0.0253. The molecular formula is C20H19ClN4OS. The normalized spacial score (nSPS) is 15.0. The topological polar surface area (TPSA) is 49.3 Å². The number of pyridine rings is 1. The predicted molar refractivity (Wildman–Crippen MR) is 111 cm³/mol. The number of carbonyl (C=O) groups excluding carboxylic acids is 1. The number of hydrogen-bond donors (Lipinski definition) is 0. The molecule has 138 valence electrons. The standard InChI is InChI=1S/C20H19ClN4OS/c1-14-4-5-15(13-16(14)21)6-7-18(26)24-9-11-25(12-10-24)20-23-17-3-2-8-22-19(17)27-20/h2-8,13H,9-12H2,1H3/b7-6+. The van der Waals surface area contributed by atoms with Crippen molar-refractivity contribution >= 4 is 50.4 Å². The molecule has 1 aromatic carbocycles. The number of benzene rings is 1. The van der Waals surface area contributed by atoms with Crippen molar-refractivity contribution in [3.05, 3.63) is 58.8 Å². The summed E-state index contributed by atoms with van der Waals surface area (Å²) in [5.41, 5.74) is 2.89. The fraction of sp³-hybridized carbons (Fsp3) is 0.250. The quantitative estimate of drug-likeness (QED) is 0.625. The number of amides is 1. The lowest BCUT2D eigenvalue weighted by Gasteiger charge is -2.34. The third kappa shape index (κ3) is 3.96. The van der Waals surface area contributed by atoms with Gasteiger partial charge in [-0.05, 0) is 42.3 Å². The molecule has 0 unspecified atom stereocenters. The van der Waals surface area contributed by atoms with Crippen LogP contribution in [-0.4, -0.2) is 47.0 Å². The third-order valence-corrected chi connectivity index (χ3v) is 6.08. The van der Waals surface area contributed by atoms with Crippen LogP contribution >= 0.6 is 22.9 Å². The summed E-state index contributed by atoms with van der Waals surface area (Å²) in [7, 11) is 0. The van der Waals surface area contributed by atoms with E-state index in [0.29, 0.717) is 18.1 Å². The molecule has 7 heteroatoms. The molecular weight excluding hydrogens is 380 g/mol. The van der Waals surface area contributed by atoms with Crippen LogP contribution in [0.5, 0.6) is 0 Å². The average Bonchev–Trinajstić information content (AvgIpc) is 3.13. The summed E-state index contributed by atoms with van der Waals surface area (Å²) in [4.78, 5) is 26.5. The number of carbonyl (C=O) groups is 1. The van der Waals surface area contributed by atoms with Gasteiger partial charge in [-0.25, -0.2) is 9.97 Å². The van der Waals surface area contributed by atoms with E-state index in [4.69, 9.17) is 11.6 Å². The molecule has 5 nitrogen and oxygen atoms in total. The van der Waals surface area contributed by atoms with Crippen LogP contribution in [0.1, 0.15) is 11.1 Å². The molecule has 1 aliphatic heterocycles. The number of thiazole rings is 1. The van der Waals surface area contributed by atoms with Gasteiger partial charge in [-0.1, -0.05) is 35.1 Å². The van der Waals surface area contributed by atoms with Crippen LogP contribution in [-0.2, 0) is 4.79 Å². The molecule has 3 heterocycles. The Labute approximate surface area is 166 Å². The Morgan fingerprint density at radius 3 is 2.78 bits per heavy atom.